The van der Waals surface area contributed by atoms with E-state index in [0.29, 0.717) is 6.10 Å². The normalized spacial score (nSPS) is 38.4. The molecule has 2 heterocycles. The maximum Gasteiger partial charge on any atom is 0.0811 e. The molecule has 88 valence electrons. The van der Waals surface area contributed by atoms with Gasteiger partial charge in [0.1, 0.15) is 0 Å². The topological polar surface area (TPSA) is 32.7 Å². The van der Waals surface area contributed by atoms with Gasteiger partial charge in [-0.15, -0.1) is 0 Å². The van der Waals surface area contributed by atoms with Crippen LogP contribution in [0.2, 0.25) is 0 Å². The van der Waals surface area contributed by atoms with E-state index >= 15 is 0 Å². The van der Waals surface area contributed by atoms with Crippen molar-refractivity contribution in [1.29, 1.82) is 0 Å². The zero-order chi connectivity index (χ0) is 10.7. The monoisotopic (exact) mass is 213 g/mol. The lowest BCUT2D eigenvalue weighted by Gasteiger charge is -2.32. The highest BCUT2D eigenvalue weighted by molar-refractivity contribution is 4.78. The summed E-state index contributed by atoms with van der Waals surface area (Å²) in [6, 6.07) is 0. The lowest BCUT2D eigenvalue weighted by atomic mass is 10.00. The van der Waals surface area contributed by atoms with Gasteiger partial charge in [0.25, 0.3) is 0 Å². The molecule has 0 aromatic carbocycles. The molecule has 2 rings (SSSR count). The molecular formula is C12H23NO2. The number of piperidine rings is 1. The summed E-state index contributed by atoms with van der Waals surface area (Å²) in [6.07, 6.45) is 5.34. The Bertz CT molecular complexity index is 198. The summed E-state index contributed by atoms with van der Waals surface area (Å²) in [4.78, 5) is 2.53. The smallest absolute Gasteiger partial charge is 0.0811 e. The van der Waals surface area contributed by atoms with Crippen LogP contribution in [-0.4, -0.2) is 48.5 Å². The molecule has 0 radical (unpaired) electrons. The van der Waals surface area contributed by atoms with Crippen LogP contribution >= 0.6 is 0 Å². The van der Waals surface area contributed by atoms with E-state index in [0.717, 1.165) is 25.3 Å². The average Bonchev–Trinajstić information content (AvgIpc) is 2.65. The van der Waals surface area contributed by atoms with Crippen LogP contribution in [0.5, 0.6) is 0 Å². The predicted octanol–water partition coefficient (Wildman–Crippen LogP) is 1.26. The first-order valence-electron chi connectivity index (χ1n) is 6.26. The van der Waals surface area contributed by atoms with E-state index in [1.807, 2.05) is 0 Å². The Balaban J connectivity index is 1.72. The van der Waals surface area contributed by atoms with Gasteiger partial charge in [-0.1, -0.05) is 6.92 Å². The van der Waals surface area contributed by atoms with Gasteiger partial charge in [0, 0.05) is 13.1 Å². The van der Waals surface area contributed by atoms with Gasteiger partial charge in [0.2, 0.25) is 0 Å². The summed E-state index contributed by atoms with van der Waals surface area (Å²) in [5.74, 6) is 0.841. The van der Waals surface area contributed by atoms with Crippen LogP contribution in [0.1, 0.15) is 32.6 Å². The van der Waals surface area contributed by atoms with Crippen LogP contribution in [-0.2, 0) is 4.74 Å². The third kappa shape index (κ3) is 3.16. The van der Waals surface area contributed by atoms with Crippen molar-refractivity contribution in [3.8, 4) is 0 Å². The summed E-state index contributed by atoms with van der Waals surface area (Å²) >= 11 is 0. The fourth-order valence-electron chi connectivity index (χ4n) is 2.79. The molecule has 0 aliphatic carbocycles. The Morgan fingerprint density at radius 3 is 2.73 bits per heavy atom. The number of aliphatic hydroxyl groups excluding tert-OH is 1. The summed E-state index contributed by atoms with van der Waals surface area (Å²) < 4.78 is 5.76. The number of hydrogen-bond donors (Lipinski definition) is 1. The van der Waals surface area contributed by atoms with E-state index in [1.54, 1.807) is 0 Å². The van der Waals surface area contributed by atoms with Crippen LogP contribution in [0.4, 0.5) is 0 Å². The van der Waals surface area contributed by atoms with Gasteiger partial charge in [-0.2, -0.15) is 0 Å². The largest absolute Gasteiger partial charge is 0.394 e. The van der Waals surface area contributed by atoms with Crippen LogP contribution in [0.25, 0.3) is 0 Å². The molecule has 2 aliphatic heterocycles. The highest BCUT2D eigenvalue weighted by Crippen LogP contribution is 2.22. The fraction of sp³-hybridized carbons (Fsp3) is 1.00. The third-order valence-electron chi connectivity index (χ3n) is 3.60. The Labute approximate surface area is 92.4 Å². The Kier molecular flexibility index (Phi) is 4.00. The van der Waals surface area contributed by atoms with Gasteiger partial charge in [-0.25, -0.2) is 0 Å². The van der Waals surface area contributed by atoms with E-state index in [4.69, 9.17) is 9.84 Å². The predicted molar refractivity (Wildman–Crippen MR) is 59.8 cm³/mol. The molecule has 1 N–H and O–H groups in total. The Morgan fingerprint density at radius 1 is 1.27 bits per heavy atom. The standard InChI is InChI=1S/C12H23NO2/c1-10-3-2-6-13(7-10)8-11-4-5-12(9-14)15-11/h10-12,14H,2-9H2,1H3/t10?,11-,12+/m0/s1. The number of hydrogen-bond acceptors (Lipinski definition) is 3. The molecule has 0 aromatic heterocycles. The van der Waals surface area contributed by atoms with Gasteiger partial charge in [0.15, 0.2) is 0 Å². The number of ether oxygens (including phenoxy) is 1. The molecule has 2 fully saturated rings. The summed E-state index contributed by atoms with van der Waals surface area (Å²) in [6.45, 7) is 6.05. The van der Waals surface area contributed by atoms with Crippen molar-refractivity contribution < 1.29 is 9.84 Å². The number of aliphatic hydroxyl groups is 1. The minimum Gasteiger partial charge on any atom is -0.394 e. The minimum absolute atomic E-state index is 0.109. The molecule has 2 aliphatic rings. The number of rotatable bonds is 3. The molecule has 3 nitrogen and oxygen atoms in total. The van der Waals surface area contributed by atoms with Crippen molar-refractivity contribution in [3.63, 3.8) is 0 Å². The van der Waals surface area contributed by atoms with E-state index in [9.17, 15) is 0 Å². The third-order valence-corrected chi connectivity index (χ3v) is 3.60. The number of nitrogens with zero attached hydrogens (tertiary/aromatic N) is 1. The van der Waals surface area contributed by atoms with E-state index < -0.39 is 0 Å². The summed E-state index contributed by atoms with van der Waals surface area (Å²) in [5, 5.41) is 8.99. The van der Waals surface area contributed by atoms with Crippen molar-refractivity contribution in [2.24, 2.45) is 5.92 Å². The molecule has 0 bridgehead atoms. The quantitative estimate of drug-likeness (QED) is 0.766. The molecular weight excluding hydrogens is 190 g/mol. The average molecular weight is 213 g/mol. The summed E-state index contributed by atoms with van der Waals surface area (Å²) in [7, 11) is 0. The molecule has 0 amide bonds. The minimum atomic E-state index is 0.109. The molecule has 3 atom stereocenters. The van der Waals surface area contributed by atoms with Gasteiger partial charge in [0.05, 0.1) is 18.8 Å². The highest BCUT2D eigenvalue weighted by Gasteiger charge is 2.27. The lowest BCUT2D eigenvalue weighted by Crippen LogP contribution is -2.39. The molecule has 0 aromatic rings. The van der Waals surface area contributed by atoms with Crippen LogP contribution in [0, 0.1) is 5.92 Å². The van der Waals surface area contributed by atoms with E-state index in [1.165, 1.54) is 25.9 Å². The van der Waals surface area contributed by atoms with Gasteiger partial charge in [-0.05, 0) is 38.1 Å². The zero-order valence-electron chi connectivity index (χ0n) is 9.69. The van der Waals surface area contributed by atoms with Crippen molar-refractivity contribution in [2.45, 2.75) is 44.8 Å². The molecule has 3 heteroatoms. The van der Waals surface area contributed by atoms with E-state index in [2.05, 4.69) is 11.8 Å². The molecule has 2 saturated heterocycles. The first-order chi connectivity index (χ1) is 7.28. The van der Waals surface area contributed by atoms with Gasteiger partial charge in [-0.3, -0.25) is 0 Å². The SMILES string of the molecule is CC1CCCN(C[C@@H]2CC[C@H](CO)O2)C1. The van der Waals surface area contributed by atoms with Crippen molar-refractivity contribution in [2.75, 3.05) is 26.2 Å². The van der Waals surface area contributed by atoms with E-state index in [-0.39, 0.29) is 12.7 Å². The van der Waals surface area contributed by atoms with Crippen molar-refractivity contribution in [1.82, 2.24) is 4.90 Å². The van der Waals surface area contributed by atoms with Crippen LogP contribution in [0.15, 0.2) is 0 Å². The Morgan fingerprint density at radius 2 is 2.07 bits per heavy atom. The highest BCUT2D eigenvalue weighted by atomic mass is 16.5. The number of likely N-dealkylation sites (tertiary alicyclic amines) is 1. The fourth-order valence-corrected chi connectivity index (χ4v) is 2.79. The van der Waals surface area contributed by atoms with Crippen molar-refractivity contribution >= 4 is 0 Å². The van der Waals surface area contributed by atoms with Crippen LogP contribution < -0.4 is 0 Å². The maximum absolute atomic E-state index is 8.99. The molecule has 15 heavy (non-hydrogen) atoms. The van der Waals surface area contributed by atoms with Gasteiger partial charge >= 0.3 is 0 Å². The second-order valence-corrected chi connectivity index (χ2v) is 5.15. The van der Waals surface area contributed by atoms with Crippen molar-refractivity contribution in [3.05, 3.63) is 0 Å². The van der Waals surface area contributed by atoms with Gasteiger partial charge < -0.3 is 14.7 Å². The molecule has 1 unspecified atom stereocenters. The zero-order valence-corrected chi connectivity index (χ0v) is 9.69. The summed E-state index contributed by atoms with van der Waals surface area (Å²) in [5.41, 5.74) is 0. The second-order valence-electron chi connectivity index (χ2n) is 5.15. The maximum atomic E-state index is 8.99. The first-order valence-corrected chi connectivity index (χ1v) is 6.26. The first kappa shape index (κ1) is 11.4. The lowest BCUT2D eigenvalue weighted by molar-refractivity contribution is -0.00812. The molecule has 0 saturated carbocycles. The Hall–Kier alpha value is -0.120. The van der Waals surface area contributed by atoms with Crippen LogP contribution in [0.3, 0.4) is 0 Å². The molecule has 0 spiro atoms. The second kappa shape index (κ2) is 5.28.